The van der Waals surface area contributed by atoms with E-state index in [2.05, 4.69) is 9.97 Å². The number of aryl methyl sites for hydroxylation is 1. The number of ether oxygens (including phenoxy) is 1. The van der Waals surface area contributed by atoms with E-state index in [4.69, 9.17) is 4.74 Å². The van der Waals surface area contributed by atoms with Crippen LogP contribution in [0.15, 0.2) is 42.7 Å². The first kappa shape index (κ1) is 17.6. The van der Waals surface area contributed by atoms with Gasteiger partial charge in [-0.15, -0.1) is 0 Å². The smallest absolute Gasteiger partial charge is 0.410 e. The van der Waals surface area contributed by atoms with Crippen LogP contribution in [-0.2, 0) is 11.3 Å². The Hall–Kier alpha value is -2.76. The minimum atomic E-state index is -0.271. The molecule has 2 fully saturated rings. The average molecular weight is 365 g/mol. The lowest BCUT2D eigenvalue weighted by Gasteiger charge is -2.37. The highest BCUT2D eigenvalue weighted by Crippen LogP contribution is 2.40. The van der Waals surface area contributed by atoms with Crippen LogP contribution in [0, 0.1) is 12.8 Å². The Labute approximate surface area is 158 Å². The summed E-state index contributed by atoms with van der Waals surface area (Å²) >= 11 is 0. The Morgan fingerprint density at radius 2 is 1.81 bits per heavy atom. The van der Waals surface area contributed by atoms with Crippen LogP contribution in [0.3, 0.4) is 0 Å². The van der Waals surface area contributed by atoms with Gasteiger partial charge in [0.2, 0.25) is 0 Å². The zero-order chi connectivity index (χ0) is 18.8. The molecule has 4 rings (SSSR count). The summed E-state index contributed by atoms with van der Waals surface area (Å²) in [7, 11) is 0. The maximum atomic E-state index is 12.8. The maximum Gasteiger partial charge on any atom is 0.410 e. The molecule has 2 saturated heterocycles. The van der Waals surface area contributed by atoms with Gasteiger partial charge in [-0.2, -0.15) is 0 Å². The third-order valence-corrected chi connectivity index (χ3v) is 5.53. The Bertz CT molecular complexity index is 826. The highest BCUT2D eigenvalue weighted by Gasteiger charge is 2.46. The Balaban J connectivity index is 1.40. The number of hydrogen-bond acceptors (Lipinski definition) is 5. The van der Waals surface area contributed by atoms with Crippen LogP contribution in [0.25, 0.3) is 0 Å². The monoisotopic (exact) mass is 365 g/mol. The lowest BCUT2D eigenvalue weighted by Crippen LogP contribution is -2.48. The lowest BCUT2D eigenvalue weighted by atomic mass is 9.86. The molecule has 0 aliphatic carbocycles. The quantitative estimate of drug-likeness (QED) is 0.775. The first-order valence-electron chi connectivity index (χ1n) is 9.43. The number of hydrogen-bond donors (Lipinski definition) is 0. The van der Waals surface area contributed by atoms with E-state index in [0.717, 1.165) is 24.1 Å². The number of aromatic nitrogens is 2. The second-order valence-electron chi connectivity index (χ2n) is 7.41. The van der Waals surface area contributed by atoms with Crippen molar-refractivity contribution in [1.29, 1.82) is 0 Å². The van der Waals surface area contributed by atoms with Crippen LogP contribution >= 0.6 is 0 Å². The van der Waals surface area contributed by atoms with E-state index < -0.39 is 0 Å². The topological polar surface area (TPSA) is 72.4 Å². The molecular formula is C21H23N3O3. The summed E-state index contributed by atoms with van der Waals surface area (Å²) < 4.78 is 5.52. The number of piperidine rings is 1. The molecule has 1 aromatic heterocycles. The van der Waals surface area contributed by atoms with Crippen LogP contribution in [0.4, 0.5) is 4.79 Å². The molecule has 2 aliphatic heterocycles. The van der Waals surface area contributed by atoms with E-state index in [1.807, 2.05) is 42.2 Å². The van der Waals surface area contributed by atoms with Gasteiger partial charge in [0.05, 0.1) is 11.9 Å². The summed E-state index contributed by atoms with van der Waals surface area (Å²) in [6.45, 7) is 2.11. The van der Waals surface area contributed by atoms with E-state index >= 15 is 0 Å². The molecule has 1 amide bonds. The predicted molar refractivity (Wildman–Crippen MR) is 99.1 cm³/mol. The van der Waals surface area contributed by atoms with Gasteiger partial charge >= 0.3 is 6.09 Å². The molecule has 0 saturated carbocycles. The van der Waals surface area contributed by atoms with Crippen LogP contribution in [0.1, 0.15) is 47.4 Å². The minimum Gasteiger partial charge on any atom is -0.445 e. The number of benzene rings is 1. The number of carbonyl (C=O) groups excluding carboxylic acids is 2. The molecular weight excluding hydrogens is 342 g/mol. The molecule has 27 heavy (non-hydrogen) atoms. The first-order chi connectivity index (χ1) is 13.1. The molecule has 6 heteroatoms. The number of carbonyl (C=O) groups is 2. The Morgan fingerprint density at radius 1 is 1.11 bits per heavy atom. The SMILES string of the molecule is Cc1cncc(C(=O)C2CC3CCC(C2)N3C(=O)OCc2ccccc2)n1. The van der Waals surface area contributed by atoms with Gasteiger partial charge in [-0.3, -0.25) is 9.78 Å². The zero-order valence-electron chi connectivity index (χ0n) is 15.4. The van der Waals surface area contributed by atoms with Gasteiger partial charge in [-0.1, -0.05) is 30.3 Å². The van der Waals surface area contributed by atoms with Gasteiger partial charge in [-0.25, -0.2) is 9.78 Å². The van der Waals surface area contributed by atoms with E-state index in [0.29, 0.717) is 18.5 Å². The third kappa shape index (κ3) is 3.70. The number of amides is 1. The number of ketones is 1. The molecule has 0 N–H and O–H groups in total. The lowest BCUT2D eigenvalue weighted by molar-refractivity contribution is 0.0483. The van der Waals surface area contributed by atoms with Crippen LogP contribution in [-0.4, -0.2) is 38.8 Å². The fourth-order valence-corrected chi connectivity index (χ4v) is 4.27. The summed E-state index contributed by atoms with van der Waals surface area (Å²) in [6.07, 6.45) is 6.11. The molecule has 2 aliphatic rings. The number of Topliss-reactive ketones (excluding diaryl/α,β-unsaturated/α-hetero) is 1. The van der Waals surface area contributed by atoms with Gasteiger partial charge in [-0.05, 0) is 38.2 Å². The third-order valence-electron chi connectivity index (χ3n) is 5.53. The van der Waals surface area contributed by atoms with E-state index in [1.165, 1.54) is 6.20 Å². The zero-order valence-corrected chi connectivity index (χ0v) is 15.4. The largest absolute Gasteiger partial charge is 0.445 e. The van der Waals surface area contributed by atoms with Crippen molar-refractivity contribution in [3.63, 3.8) is 0 Å². The van der Waals surface area contributed by atoms with Crippen molar-refractivity contribution in [1.82, 2.24) is 14.9 Å². The van der Waals surface area contributed by atoms with E-state index in [-0.39, 0.29) is 36.5 Å². The maximum absolute atomic E-state index is 12.8. The molecule has 6 nitrogen and oxygen atoms in total. The second kappa shape index (κ2) is 7.47. The molecule has 1 aromatic carbocycles. The van der Waals surface area contributed by atoms with Crippen molar-refractivity contribution in [2.24, 2.45) is 5.92 Å². The summed E-state index contributed by atoms with van der Waals surface area (Å²) in [5.41, 5.74) is 2.14. The van der Waals surface area contributed by atoms with Gasteiger partial charge in [0.1, 0.15) is 12.3 Å². The van der Waals surface area contributed by atoms with Gasteiger partial charge in [0.25, 0.3) is 0 Å². The molecule has 2 aromatic rings. The average Bonchev–Trinajstić information content (AvgIpc) is 2.96. The van der Waals surface area contributed by atoms with Crippen LogP contribution < -0.4 is 0 Å². The molecule has 0 spiro atoms. The van der Waals surface area contributed by atoms with Crippen molar-refractivity contribution in [3.8, 4) is 0 Å². The van der Waals surface area contributed by atoms with Crippen molar-refractivity contribution < 1.29 is 14.3 Å². The number of rotatable bonds is 4. The Morgan fingerprint density at radius 3 is 2.48 bits per heavy atom. The van der Waals surface area contributed by atoms with Gasteiger partial charge in [0.15, 0.2) is 5.78 Å². The van der Waals surface area contributed by atoms with Crippen LogP contribution in [0.5, 0.6) is 0 Å². The van der Waals surface area contributed by atoms with Crippen molar-refractivity contribution in [2.45, 2.75) is 51.3 Å². The molecule has 140 valence electrons. The molecule has 2 unspecified atom stereocenters. The standard InChI is InChI=1S/C21H23N3O3/c1-14-11-22-12-19(23-14)20(25)16-9-17-7-8-18(10-16)24(17)21(26)27-13-15-5-3-2-4-6-15/h2-6,11-12,16-18H,7-10,13H2,1H3. The fraction of sp³-hybridized carbons (Fsp3) is 0.429. The fourth-order valence-electron chi connectivity index (χ4n) is 4.27. The van der Waals surface area contributed by atoms with Gasteiger partial charge < -0.3 is 9.64 Å². The van der Waals surface area contributed by atoms with E-state index in [1.54, 1.807) is 6.20 Å². The van der Waals surface area contributed by atoms with Crippen molar-refractivity contribution in [2.75, 3.05) is 0 Å². The predicted octanol–water partition coefficient (Wildman–Crippen LogP) is 3.55. The highest BCUT2D eigenvalue weighted by molar-refractivity contribution is 5.96. The molecule has 2 atom stereocenters. The number of nitrogens with zero attached hydrogens (tertiary/aromatic N) is 3. The second-order valence-corrected chi connectivity index (χ2v) is 7.41. The summed E-state index contributed by atoms with van der Waals surface area (Å²) in [4.78, 5) is 35.7. The van der Waals surface area contributed by atoms with E-state index in [9.17, 15) is 9.59 Å². The van der Waals surface area contributed by atoms with Crippen molar-refractivity contribution in [3.05, 3.63) is 59.7 Å². The Kier molecular flexibility index (Phi) is 4.88. The van der Waals surface area contributed by atoms with Crippen molar-refractivity contribution >= 4 is 11.9 Å². The summed E-state index contributed by atoms with van der Waals surface area (Å²) in [5, 5.41) is 0. The van der Waals surface area contributed by atoms with Gasteiger partial charge in [0, 0.05) is 24.2 Å². The minimum absolute atomic E-state index is 0.0420. The molecule has 2 bridgehead atoms. The normalized spacial score (nSPS) is 23.9. The highest BCUT2D eigenvalue weighted by atomic mass is 16.6. The summed E-state index contributed by atoms with van der Waals surface area (Å²) in [5.74, 6) is -0.0582. The molecule has 3 heterocycles. The van der Waals surface area contributed by atoms with Crippen LogP contribution in [0.2, 0.25) is 0 Å². The summed E-state index contributed by atoms with van der Waals surface area (Å²) in [6, 6.07) is 9.81. The molecule has 0 radical (unpaired) electrons. The first-order valence-corrected chi connectivity index (χ1v) is 9.43. The number of fused-ring (bicyclic) bond motifs is 2.